The number of anilines is 1. The molecule has 0 aliphatic carbocycles. The first kappa shape index (κ1) is 18.9. The summed E-state index contributed by atoms with van der Waals surface area (Å²) in [6.07, 6.45) is 1.74. The Hall–Kier alpha value is -2.44. The van der Waals surface area contributed by atoms with Crippen LogP contribution in [0.25, 0.3) is 0 Å². The van der Waals surface area contributed by atoms with Crippen LogP contribution in [0.4, 0.5) is 5.82 Å². The zero-order chi connectivity index (χ0) is 19.3. The second-order valence-electron chi connectivity index (χ2n) is 7.75. The van der Waals surface area contributed by atoms with Crippen LogP contribution in [0.1, 0.15) is 15.9 Å². The zero-order valence-electron chi connectivity index (χ0n) is 16.6. The molecule has 0 atom stereocenters. The molecule has 2 fully saturated rings. The minimum Gasteiger partial charge on any atom is -0.354 e. The van der Waals surface area contributed by atoms with Gasteiger partial charge in [0.1, 0.15) is 5.82 Å². The van der Waals surface area contributed by atoms with Crippen LogP contribution < -0.4 is 4.90 Å². The number of rotatable bonds is 4. The second-order valence-corrected chi connectivity index (χ2v) is 7.75. The SMILES string of the molecule is CN1CCN(c2ccc(C(=O)N3CCN(Cc4ccccc4)CC3)cn2)CC1. The number of amides is 1. The van der Waals surface area contributed by atoms with Gasteiger partial charge < -0.3 is 14.7 Å². The van der Waals surface area contributed by atoms with Crippen molar-refractivity contribution in [2.45, 2.75) is 6.54 Å². The lowest BCUT2D eigenvalue weighted by Crippen LogP contribution is -2.48. The number of hydrogen-bond donors (Lipinski definition) is 0. The zero-order valence-corrected chi connectivity index (χ0v) is 16.6. The highest BCUT2D eigenvalue weighted by molar-refractivity contribution is 5.94. The molecule has 6 nitrogen and oxygen atoms in total. The van der Waals surface area contributed by atoms with E-state index >= 15 is 0 Å². The van der Waals surface area contributed by atoms with Gasteiger partial charge in [-0.2, -0.15) is 0 Å². The first-order valence-corrected chi connectivity index (χ1v) is 10.1. The topological polar surface area (TPSA) is 42.9 Å². The lowest BCUT2D eigenvalue weighted by molar-refractivity contribution is 0.0628. The van der Waals surface area contributed by atoms with Crippen molar-refractivity contribution in [3.63, 3.8) is 0 Å². The number of piperazine rings is 2. The van der Waals surface area contributed by atoms with Gasteiger partial charge in [0.25, 0.3) is 5.91 Å². The Morgan fingerprint density at radius 1 is 0.893 bits per heavy atom. The molecule has 4 rings (SSSR count). The van der Waals surface area contributed by atoms with E-state index in [1.54, 1.807) is 6.20 Å². The quantitative estimate of drug-likeness (QED) is 0.810. The number of pyridine rings is 1. The van der Waals surface area contributed by atoms with Crippen molar-refractivity contribution in [1.82, 2.24) is 19.7 Å². The van der Waals surface area contributed by atoms with Crippen molar-refractivity contribution in [2.24, 2.45) is 0 Å². The number of aromatic nitrogens is 1. The molecule has 6 heteroatoms. The van der Waals surface area contributed by atoms with Crippen LogP contribution in [0.3, 0.4) is 0 Å². The van der Waals surface area contributed by atoms with Crippen molar-refractivity contribution >= 4 is 11.7 Å². The van der Waals surface area contributed by atoms with E-state index in [-0.39, 0.29) is 5.91 Å². The van der Waals surface area contributed by atoms with Crippen LogP contribution in [-0.4, -0.2) is 85.0 Å². The van der Waals surface area contributed by atoms with Gasteiger partial charge in [0.2, 0.25) is 0 Å². The van der Waals surface area contributed by atoms with Gasteiger partial charge in [-0.05, 0) is 24.7 Å². The number of carbonyl (C=O) groups excluding carboxylic acids is 1. The van der Waals surface area contributed by atoms with Crippen LogP contribution in [0.15, 0.2) is 48.7 Å². The van der Waals surface area contributed by atoms with Crippen LogP contribution in [0.2, 0.25) is 0 Å². The molecule has 0 unspecified atom stereocenters. The second kappa shape index (κ2) is 8.71. The van der Waals surface area contributed by atoms with Crippen molar-refractivity contribution < 1.29 is 4.79 Å². The summed E-state index contributed by atoms with van der Waals surface area (Å²) in [6, 6.07) is 14.4. The number of carbonyl (C=O) groups is 1. The maximum Gasteiger partial charge on any atom is 0.255 e. The van der Waals surface area contributed by atoms with Crippen molar-refractivity contribution in [1.29, 1.82) is 0 Å². The molecule has 0 radical (unpaired) electrons. The maximum atomic E-state index is 12.8. The highest BCUT2D eigenvalue weighted by Gasteiger charge is 2.23. The van der Waals surface area contributed by atoms with Crippen LogP contribution in [0, 0.1) is 0 Å². The molecule has 2 aliphatic rings. The largest absolute Gasteiger partial charge is 0.354 e. The molecule has 1 aromatic heterocycles. The molecule has 2 aromatic rings. The fraction of sp³-hybridized carbons (Fsp3) is 0.455. The maximum absolute atomic E-state index is 12.8. The summed E-state index contributed by atoms with van der Waals surface area (Å²) in [5, 5.41) is 0. The third kappa shape index (κ3) is 4.51. The molecular formula is C22H29N5O. The van der Waals surface area contributed by atoms with Gasteiger partial charge in [0.15, 0.2) is 0 Å². The van der Waals surface area contributed by atoms with E-state index < -0.39 is 0 Å². The number of likely N-dealkylation sites (N-methyl/N-ethyl adjacent to an activating group) is 1. The predicted molar refractivity (Wildman–Crippen MR) is 112 cm³/mol. The summed E-state index contributed by atoms with van der Waals surface area (Å²) in [5.74, 6) is 1.06. The van der Waals surface area contributed by atoms with Crippen molar-refractivity contribution in [2.75, 3.05) is 64.3 Å². The van der Waals surface area contributed by atoms with E-state index in [4.69, 9.17) is 0 Å². The normalized spacial score (nSPS) is 19.0. The Kier molecular flexibility index (Phi) is 5.88. The molecule has 2 saturated heterocycles. The molecule has 1 amide bonds. The first-order valence-electron chi connectivity index (χ1n) is 10.1. The minimum atomic E-state index is 0.0942. The Labute approximate surface area is 167 Å². The molecule has 3 heterocycles. The Balaban J connectivity index is 1.30. The number of benzene rings is 1. The van der Waals surface area contributed by atoms with E-state index in [9.17, 15) is 4.79 Å². The standard InChI is InChI=1S/C22H29N5O/c1-24-9-13-26(14-10-24)21-8-7-20(17-23-21)22(28)27-15-11-25(12-16-27)18-19-5-3-2-4-6-19/h2-8,17H,9-16,18H2,1H3. The van der Waals surface area contributed by atoms with Crippen LogP contribution >= 0.6 is 0 Å². The van der Waals surface area contributed by atoms with Gasteiger partial charge in [-0.15, -0.1) is 0 Å². The van der Waals surface area contributed by atoms with Crippen molar-refractivity contribution in [3.05, 3.63) is 59.8 Å². The highest BCUT2D eigenvalue weighted by Crippen LogP contribution is 2.16. The van der Waals surface area contributed by atoms with Crippen molar-refractivity contribution in [3.8, 4) is 0 Å². The number of nitrogens with zero attached hydrogens (tertiary/aromatic N) is 5. The molecule has 28 heavy (non-hydrogen) atoms. The fourth-order valence-electron chi connectivity index (χ4n) is 3.87. The summed E-state index contributed by atoms with van der Waals surface area (Å²) in [7, 11) is 2.14. The molecule has 2 aliphatic heterocycles. The highest BCUT2D eigenvalue weighted by atomic mass is 16.2. The molecule has 0 spiro atoms. The molecule has 1 aromatic carbocycles. The molecule has 148 valence electrons. The van der Waals surface area contributed by atoms with E-state index in [0.29, 0.717) is 5.56 Å². The molecule has 0 N–H and O–H groups in total. The monoisotopic (exact) mass is 379 g/mol. The summed E-state index contributed by atoms with van der Waals surface area (Å²) in [4.78, 5) is 26.4. The van der Waals surface area contributed by atoms with Gasteiger partial charge in [0, 0.05) is 65.1 Å². The average molecular weight is 380 g/mol. The average Bonchev–Trinajstić information content (AvgIpc) is 2.75. The number of hydrogen-bond acceptors (Lipinski definition) is 5. The third-order valence-electron chi connectivity index (χ3n) is 5.73. The minimum absolute atomic E-state index is 0.0942. The lowest BCUT2D eigenvalue weighted by atomic mass is 10.2. The van der Waals surface area contributed by atoms with E-state index in [1.165, 1.54) is 5.56 Å². The Morgan fingerprint density at radius 2 is 1.61 bits per heavy atom. The Morgan fingerprint density at radius 3 is 2.25 bits per heavy atom. The molecule has 0 bridgehead atoms. The summed E-state index contributed by atoms with van der Waals surface area (Å²) in [5.41, 5.74) is 2.01. The van der Waals surface area contributed by atoms with Gasteiger partial charge >= 0.3 is 0 Å². The first-order chi connectivity index (χ1) is 13.7. The van der Waals surface area contributed by atoms with Gasteiger partial charge in [-0.25, -0.2) is 4.98 Å². The van der Waals surface area contributed by atoms with Crippen LogP contribution in [0.5, 0.6) is 0 Å². The van der Waals surface area contributed by atoms with Gasteiger partial charge in [-0.3, -0.25) is 9.69 Å². The Bertz CT molecular complexity index is 763. The summed E-state index contributed by atoms with van der Waals surface area (Å²) >= 11 is 0. The smallest absolute Gasteiger partial charge is 0.255 e. The van der Waals surface area contributed by atoms with E-state index in [2.05, 4.69) is 51.0 Å². The fourth-order valence-corrected chi connectivity index (χ4v) is 3.87. The van der Waals surface area contributed by atoms with E-state index in [0.717, 1.165) is 64.7 Å². The van der Waals surface area contributed by atoms with Gasteiger partial charge in [-0.1, -0.05) is 30.3 Å². The van der Waals surface area contributed by atoms with Gasteiger partial charge in [0.05, 0.1) is 5.56 Å². The van der Waals surface area contributed by atoms with Crippen LogP contribution in [-0.2, 0) is 6.54 Å². The predicted octanol–water partition coefficient (Wildman–Crippen LogP) is 1.79. The molecular weight excluding hydrogens is 350 g/mol. The summed E-state index contributed by atoms with van der Waals surface area (Å²) < 4.78 is 0. The lowest BCUT2D eigenvalue weighted by Gasteiger charge is -2.35. The summed E-state index contributed by atoms with van der Waals surface area (Å²) in [6.45, 7) is 8.38. The molecule has 0 saturated carbocycles. The third-order valence-corrected chi connectivity index (χ3v) is 5.73. The van der Waals surface area contributed by atoms with E-state index in [1.807, 2.05) is 23.1 Å².